The Balaban J connectivity index is 2.93. The van der Waals surface area contributed by atoms with Gasteiger partial charge in [-0.25, -0.2) is 0 Å². The van der Waals surface area contributed by atoms with Crippen molar-refractivity contribution in [3.05, 3.63) is 0 Å². The first-order valence-corrected chi connectivity index (χ1v) is 3.91. The molecule has 0 aromatic carbocycles. The first kappa shape index (κ1) is 5.02. The molecule has 0 amide bonds. The molecule has 0 atom stereocenters. The largest absolute Gasteiger partial charge is 0.282 e. The van der Waals surface area contributed by atoms with Gasteiger partial charge in [0.25, 0.3) is 0 Å². The molecule has 0 aliphatic carbocycles. The maximum Gasteiger partial charge on any atom is 0.161 e. The number of thiocarbonyl (C=S) groups is 1. The van der Waals surface area contributed by atoms with Crippen LogP contribution in [0.4, 0.5) is 0 Å². The van der Waals surface area contributed by atoms with E-state index in [1.807, 2.05) is 0 Å². The summed E-state index contributed by atoms with van der Waals surface area (Å²) in [5.41, 5.74) is 0. The molecule has 0 aromatic heterocycles. The van der Waals surface area contributed by atoms with Crippen molar-refractivity contribution < 1.29 is 0 Å². The second kappa shape index (κ2) is 4.02. The van der Waals surface area contributed by atoms with Crippen LogP contribution in [0.3, 0.4) is 0 Å². The zero-order valence-electron chi connectivity index (χ0n) is 3.06. The predicted molar refractivity (Wildman–Crippen MR) is 29.4 cm³/mol. The van der Waals surface area contributed by atoms with Crippen molar-refractivity contribution in [2.24, 2.45) is 4.66 Å². The standard InChI is InChI=1S/C2H5NSSi/c1-5-3-2-4/h5H2,1H3. The fourth-order valence-electron chi connectivity index (χ4n) is 0.0645. The van der Waals surface area contributed by atoms with Gasteiger partial charge in [0.1, 0.15) is 0 Å². The summed E-state index contributed by atoms with van der Waals surface area (Å²) in [5.74, 6) is 0. The zero-order valence-corrected chi connectivity index (χ0v) is 5.29. The average Bonchev–Trinajstić information content (AvgIpc) is 1.41. The Morgan fingerprint density at radius 2 is 2.60 bits per heavy atom. The van der Waals surface area contributed by atoms with Crippen LogP contribution in [-0.4, -0.2) is 14.8 Å². The topological polar surface area (TPSA) is 12.4 Å². The van der Waals surface area contributed by atoms with E-state index < -0.39 is 0 Å². The van der Waals surface area contributed by atoms with Gasteiger partial charge in [0.2, 0.25) is 0 Å². The number of hydrogen-bond donors (Lipinski definition) is 0. The van der Waals surface area contributed by atoms with Crippen molar-refractivity contribution in [3.63, 3.8) is 0 Å². The van der Waals surface area contributed by atoms with Crippen LogP contribution in [0.5, 0.6) is 0 Å². The molecule has 0 heterocycles. The van der Waals surface area contributed by atoms with E-state index in [9.17, 15) is 0 Å². The zero-order chi connectivity index (χ0) is 4.12. The maximum atomic E-state index is 4.27. The molecule has 0 spiro atoms. The molecule has 1 nitrogen and oxygen atoms in total. The molecule has 0 bridgehead atoms. The molecule has 5 heavy (non-hydrogen) atoms. The van der Waals surface area contributed by atoms with Crippen molar-refractivity contribution in [1.82, 2.24) is 0 Å². The Morgan fingerprint density at radius 3 is 2.60 bits per heavy atom. The molecule has 3 heteroatoms. The summed E-state index contributed by atoms with van der Waals surface area (Å²) in [4.78, 5) is 0. The first-order valence-electron chi connectivity index (χ1n) is 1.45. The number of nitrogens with zero attached hydrogens (tertiary/aromatic N) is 1. The van der Waals surface area contributed by atoms with E-state index in [0.29, 0.717) is 0 Å². The molecular weight excluding hydrogens is 98.2 g/mol. The highest BCUT2D eigenvalue weighted by Gasteiger charge is 1.53. The van der Waals surface area contributed by atoms with E-state index in [4.69, 9.17) is 0 Å². The summed E-state index contributed by atoms with van der Waals surface area (Å²) in [7, 11) is -0.176. The molecule has 0 aliphatic heterocycles. The van der Waals surface area contributed by atoms with Gasteiger partial charge in [0, 0.05) is 5.16 Å². The van der Waals surface area contributed by atoms with Crippen LogP contribution in [-0.2, 0) is 0 Å². The Bertz CT molecular complexity index is 56.7. The second-order valence-electron chi connectivity index (χ2n) is 0.566. The Kier molecular flexibility index (Phi) is 4.03. The molecule has 0 rings (SSSR count). The molecule has 0 N–H and O–H groups in total. The Labute approximate surface area is 39.0 Å². The normalized spacial score (nSPS) is 8.20. The van der Waals surface area contributed by atoms with Crippen molar-refractivity contribution in [2.45, 2.75) is 6.55 Å². The number of hydrogen-bond acceptors (Lipinski definition) is 2. The minimum Gasteiger partial charge on any atom is -0.282 e. The molecule has 0 aliphatic rings. The lowest BCUT2D eigenvalue weighted by molar-refractivity contribution is 1.88. The van der Waals surface area contributed by atoms with Gasteiger partial charge < -0.3 is 0 Å². The highest BCUT2D eigenvalue weighted by molar-refractivity contribution is 7.78. The third kappa shape index (κ3) is 4.02. The predicted octanol–water partition coefficient (Wildman–Crippen LogP) is 0.221. The van der Waals surface area contributed by atoms with Crippen molar-refractivity contribution in [3.8, 4) is 0 Å². The van der Waals surface area contributed by atoms with Crippen molar-refractivity contribution in [2.75, 3.05) is 0 Å². The number of isothiocyanates is 1. The lowest BCUT2D eigenvalue weighted by atomic mass is 11.8. The van der Waals surface area contributed by atoms with Crippen molar-refractivity contribution in [1.29, 1.82) is 0 Å². The van der Waals surface area contributed by atoms with Gasteiger partial charge in [-0.15, -0.1) is 0 Å². The summed E-state index contributed by atoms with van der Waals surface area (Å²) in [6.07, 6.45) is 0. The Hall–Kier alpha value is 0.0169. The molecule has 0 unspecified atom stereocenters. The third-order valence-corrected chi connectivity index (χ3v) is 1.06. The molecule has 0 saturated heterocycles. The molecule has 0 aromatic rings. The summed E-state index contributed by atoms with van der Waals surface area (Å²) in [6.45, 7) is 2.05. The monoisotopic (exact) mass is 103 g/mol. The Morgan fingerprint density at radius 1 is 2.00 bits per heavy atom. The van der Waals surface area contributed by atoms with Gasteiger partial charge >= 0.3 is 0 Å². The minimum absolute atomic E-state index is 0.176. The van der Waals surface area contributed by atoms with E-state index in [0.717, 1.165) is 0 Å². The van der Waals surface area contributed by atoms with Gasteiger partial charge in [0.15, 0.2) is 9.68 Å². The quantitative estimate of drug-likeness (QED) is 0.263. The molecular formula is C2H5NSSi. The summed E-state index contributed by atoms with van der Waals surface area (Å²) >= 11 is 4.27. The van der Waals surface area contributed by atoms with Crippen LogP contribution in [0.15, 0.2) is 4.66 Å². The molecule has 0 saturated carbocycles. The van der Waals surface area contributed by atoms with E-state index in [2.05, 4.69) is 28.6 Å². The van der Waals surface area contributed by atoms with Crippen LogP contribution < -0.4 is 0 Å². The van der Waals surface area contributed by atoms with Crippen molar-refractivity contribution >= 4 is 27.1 Å². The van der Waals surface area contributed by atoms with E-state index in [-0.39, 0.29) is 9.68 Å². The maximum absolute atomic E-state index is 4.27. The smallest absolute Gasteiger partial charge is 0.161 e. The fraction of sp³-hybridized carbons (Fsp3) is 0.500. The number of rotatable bonds is 1. The fourth-order valence-corrected chi connectivity index (χ4v) is 0.581. The van der Waals surface area contributed by atoms with Crippen LogP contribution >= 0.6 is 12.2 Å². The van der Waals surface area contributed by atoms with Crippen LogP contribution in [0.1, 0.15) is 0 Å². The molecule has 0 radical (unpaired) electrons. The lowest BCUT2D eigenvalue weighted by Crippen LogP contribution is -1.64. The minimum atomic E-state index is -0.176. The van der Waals surface area contributed by atoms with E-state index >= 15 is 0 Å². The SMILES string of the molecule is C[SiH2]N=C=S. The van der Waals surface area contributed by atoms with E-state index in [1.165, 1.54) is 0 Å². The lowest BCUT2D eigenvalue weighted by Gasteiger charge is -1.58. The summed E-state index contributed by atoms with van der Waals surface area (Å²) in [5, 5.41) is 2.29. The highest BCUT2D eigenvalue weighted by Crippen LogP contribution is 1.51. The van der Waals surface area contributed by atoms with Gasteiger partial charge in [-0.3, -0.25) is 4.66 Å². The van der Waals surface area contributed by atoms with Crippen LogP contribution in [0.2, 0.25) is 6.55 Å². The highest BCUT2D eigenvalue weighted by atomic mass is 32.1. The summed E-state index contributed by atoms with van der Waals surface area (Å²) < 4.78 is 3.68. The van der Waals surface area contributed by atoms with Gasteiger partial charge in [0.05, 0.1) is 0 Å². The third-order valence-electron chi connectivity index (χ3n) is 0.223. The second-order valence-corrected chi connectivity index (χ2v) is 1.70. The van der Waals surface area contributed by atoms with Crippen LogP contribution in [0, 0.1) is 0 Å². The van der Waals surface area contributed by atoms with Gasteiger partial charge in [-0.2, -0.15) is 0 Å². The molecule has 0 fully saturated rings. The van der Waals surface area contributed by atoms with Gasteiger partial charge in [-0.1, -0.05) is 6.55 Å². The average molecular weight is 103 g/mol. The van der Waals surface area contributed by atoms with Gasteiger partial charge in [-0.05, 0) is 12.2 Å². The van der Waals surface area contributed by atoms with E-state index in [1.54, 1.807) is 0 Å². The first-order chi connectivity index (χ1) is 2.41. The summed E-state index contributed by atoms with van der Waals surface area (Å²) in [6, 6.07) is 0. The molecule has 28 valence electrons. The van der Waals surface area contributed by atoms with Crippen LogP contribution in [0.25, 0.3) is 0 Å².